The average molecular weight is 485 g/mol. The zero-order valence-electron chi connectivity index (χ0n) is 19.8. The molecule has 0 spiro atoms. The Morgan fingerprint density at radius 2 is 1.40 bits per heavy atom. The summed E-state index contributed by atoms with van der Waals surface area (Å²) < 4.78 is 0. The van der Waals surface area contributed by atoms with Crippen molar-refractivity contribution in [3.8, 4) is 0 Å². The number of carbonyl (C=O) groups is 2. The van der Waals surface area contributed by atoms with Crippen molar-refractivity contribution in [2.75, 3.05) is 41.0 Å². The fraction of sp³-hybridized carbons (Fsp3) is 0.391. The number of carbonyl (C=O) groups excluding carboxylic acids is 2. The largest absolute Gasteiger partial charge is 0.385 e. The van der Waals surface area contributed by atoms with Crippen LogP contribution >= 0.6 is 0 Å². The van der Waals surface area contributed by atoms with Crippen LogP contribution in [0.25, 0.3) is 0 Å². The van der Waals surface area contributed by atoms with E-state index in [4.69, 9.17) is 0 Å². The van der Waals surface area contributed by atoms with E-state index >= 15 is 0 Å². The summed E-state index contributed by atoms with van der Waals surface area (Å²) in [6, 6.07) is 6.27. The number of nitrogens with zero attached hydrogens (tertiary/aromatic N) is 3. The summed E-state index contributed by atoms with van der Waals surface area (Å²) in [7, 11) is 1.57. The Labute approximate surface area is 202 Å². The Morgan fingerprint density at radius 1 is 0.886 bits per heavy atom. The summed E-state index contributed by atoms with van der Waals surface area (Å²) in [6.45, 7) is 4.46. The highest BCUT2D eigenvalue weighted by Gasteiger charge is 2.27. The maximum atomic E-state index is 11.5. The van der Waals surface area contributed by atoms with E-state index in [2.05, 4.69) is 16.0 Å². The first-order valence-electron chi connectivity index (χ1n) is 11.2. The molecule has 0 saturated carbocycles. The van der Waals surface area contributed by atoms with Crippen molar-refractivity contribution in [2.24, 2.45) is 0 Å². The number of hydrogen-bond donors (Lipinski definition) is 3. The number of nitrogens with one attached hydrogen (secondary N) is 3. The van der Waals surface area contributed by atoms with E-state index in [-0.39, 0.29) is 23.2 Å². The minimum Gasteiger partial charge on any atom is -0.385 e. The van der Waals surface area contributed by atoms with E-state index in [9.17, 15) is 29.8 Å². The van der Waals surface area contributed by atoms with Crippen LogP contribution in [0.5, 0.6) is 0 Å². The number of anilines is 4. The maximum absolute atomic E-state index is 11.5. The lowest BCUT2D eigenvalue weighted by Crippen LogP contribution is -2.26. The number of benzene rings is 2. The minimum atomic E-state index is -0.472. The van der Waals surface area contributed by atoms with Crippen LogP contribution in [0.4, 0.5) is 34.1 Å². The predicted octanol–water partition coefficient (Wildman–Crippen LogP) is 3.85. The fourth-order valence-corrected chi connectivity index (χ4v) is 4.23. The molecule has 12 nitrogen and oxygen atoms in total. The van der Waals surface area contributed by atoms with Crippen molar-refractivity contribution in [1.82, 2.24) is 0 Å². The first-order chi connectivity index (χ1) is 16.6. The van der Waals surface area contributed by atoms with Gasteiger partial charge in [-0.15, -0.1) is 0 Å². The van der Waals surface area contributed by atoms with Crippen LogP contribution in [0, 0.1) is 20.2 Å². The lowest BCUT2D eigenvalue weighted by atomic mass is 9.99. The van der Waals surface area contributed by atoms with Crippen molar-refractivity contribution >= 4 is 45.9 Å². The molecule has 0 radical (unpaired) electrons. The van der Waals surface area contributed by atoms with Crippen LogP contribution in [-0.4, -0.2) is 41.8 Å². The second-order valence-electron chi connectivity index (χ2n) is 8.28. The van der Waals surface area contributed by atoms with Crippen LogP contribution in [0.1, 0.15) is 37.8 Å². The molecule has 0 unspecified atom stereocenters. The number of rotatable bonds is 4. The van der Waals surface area contributed by atoms with Gasteiger partial charge >= 0.3 is 0 Å². The van der Waals surface area contributed by atoms with E-state index in [0.717, 1.165) is 61.3 Å². The minimum absolute atomic E-state index is 0.0184. The molecule has 2 aliphatic heterocycles. The second kappa shape index (κ2) is 10.8. The molecule has 0 atom stereocenters. The predicted molar refractivity (Wildman–Crippen MR) is 133 cm³/mol. The first kappa shape index (κ1) is 25.4. The molecule has 186 valence electrons. The topological polar surface area (TPSA) is 160 Å². The van der Waals surface area contributed by atoms with E-state index in [1.54, 1.807) is 19.2 Å². The maximum Gasteiger partial charge on any atom is 0.293 e. The molecule has 0 saturated heterocycles. The smallest absolute Gasteiger partial charge is 0.293 e. The molecule has 0 aliphatic carbocycles. The van der Waals surface area contributed by atoms with Crippen molar-refractivity contribution in [1.29, 1.82) is 0 Å². The number of fused-ring (bicyclic) bond motifs is 2. The van der Waals surface area contributed by atoms with Crippen LogP contribution in [-0.2, 0) is 22.4 Å². The third kappa shape index (κ3) is 5.65. The average Bonchev–Trinajstić information content (AvgIpc) is 2.82. The Bertz CT molecular complexity index is 1180. The quantitative estimate of drug-likeness (QED) is 0.436. The van der Waals surface area contributed by atoms with E-state index < -0.39 is 9.85 Å². The fourth-order valence-electron chi connectivity index (χ4n) is 4.23. The van der Waals surface area contributed by atoms with Crippen molar-refractivity contribution in [2.45, 2.75) is 39.5 Å². The molecule has 3 N–H and O–H groups in total. The molecule has 2 aliphatic rings. The third-order valence-corrected chi connectivity index (χ3v) is 5.89. The van der Waals surface area contributed by atoms with Gasteiger partial charge in [0.15, 0.2) is 0 Å². The molecule has 2 heterocycles. The van der Waals surface area contributed by atoms with Gasteiger partial charge in [-0.3, -0.25) is 29.8 Å². The van der Waals surface area contributed by atoms with E-state index in [0.29, 0.717) is 11.4 Å². The van der Waals surface area contributed by atoms with Crippen molar-refractivity contribution < 1.29 is 19.4 Å². The normalized spacial score (nSPS) is 13.5. The number of hydrogen-bond acceptors (Lipinski definition) is 8. The number of amides is 2. The van der Waals surface area contributed by atoms with Crippen LogP contribution < -0.4 is 20.9 Å². The summed E-state index contributed by atoms with van der Waals surface area (Å²) in [5.41, 5.74) is 4.09. The van der Waals surface area contributed by atoms with E-state index in [1.807, 2.05) is 0 Å². The summed E-state index contributed by atoms with van der Waals surface area (Å²) in [5.74, 6) is -0.510. The van der Waals surface area contributed by atoms with Crippen LogP contribution in [0.3, 0.4) is 0 Å². The molecule has 2 aromatic rings. The number of nitro benzene ring substituents is 2. The Balaban J connectivity index is 0.000000196. The van der Waals surface area contributed by atoms with Crippen LogP contribution in [0.15, 0.2) is 24.3 Å². The van der Waals surface area contributed by atoms with Gasteiger partial charge in [-0.2, -0.15) is 0 Å². The monoisotopic (exact) mass is 484 g/mol. The van der Waals surface area contributed by atoms with Gasteiger partial charge in [0.25, 0.3) is 11.4 Å². The summed E-state index contributed by atoms with van der Waals surface area (Å²) in [5, 5.41) is 30.9. The molecule has 0 fully saturated rings. The second-order valence-corrected chi connectivity index (χ2v) is 8.28. The first-order valence-corrected chi connectivity index (χ1v) is 11.2. The lowest BCUT2D eigenvalue weighted by molar-refractivity contribution is -0.384. The zero-order valence-corrected chi connectivity index (χ0v) is 19.8. The van der Waals surface area contributed by atoms with Gasteiger partial charge in [0, 0.05) is 68.6 Å². The van der Waals surface area contributed by atoms with Gasteiger partial charge in [0.05, 0.1) is 9.85 Å². The molecule has 35 heavy (non-hydrogen) atoms. The van der Waals surface area contributed by atoms with E-state index in [1.165, 1.54) is 30.9 Å². The standard InChI is InChI=1S/C12H15N3O3.C11H13N3O3/c1-8(16)14(2)12-9-4-3-7-13-10(9)5-6-11(12)15(17)18;1-7(15)13-11-8-3-2-6-12-9(8)4-5-10(11)14(16)17/h5-6,13H,3-4,7H2,1-2H3;4-5,12H,2-3,6H2,1H3,(H,13,15). The molecule has 4 rings (SSSR count). The molecule has 12 heteroatoms. The van der Waals surface area contributed by atoms with Gasteiger partial charge in [0.1, 0.15) is 11.4 Å². The highest BCUT2D eigenvalue weighted by Crippen LogP contribution is 2.39. The van der Waals surface area contributed by atoms with Gasteiger partial charge < -0.3 is 20.9 Å². The molecular weight excluding hydrogens is 456 g/mol. The zero-order chi connectivity index (χ0) is 25.7. The summed E-state index contributed by atoms with van der Waals surface area (Å²) in [6.07, 6.45) is 3.30. The van der Waals surface area contributed by atoms with Gasteiger partial charge in [-0.25, -0.2) is 0 Å². The van der Waals surface area contributed by atoms with Gasteiger partial charge in [0.2, 0.25) is 11.8 Å². The molecular formula is C23H28N6O6. The highest BCUT2D eigenvalue weighted by atomic mass is 16.6. The number of nitro groups is 2. The summed E-state index contributed by atoms with van der Waals surface area (Å²) in [4.78, 5) is 45.1. The Hall–Kier alpha value is -4.22. The molecule has 2 aromatic carbocycles. The van der Waals surface area contributed by atoms with Gasteiger partial charge in [-0.05, 0) is 37.8 Å². The van der Waals surface area contributed by atoms with Gasteiger partial charge in [-0.1, -0.05) is 0 Å². The lowest BCUT2D eigenvalue weighted by Gasteiger charge is -2.25. The SMILES string of the molecule is CC(=O)N(C)c1c([N+](=O)[O-])ccc2c1CCCN2.CC(=O)Nc1c([N+](=O)[O-])ccc2c1CCCN2. The third-order valence-electron chi connectivity index (χ3n) is 5.89. The highest BCUT2D eigenvalue weighted by molar-refractivity contribution is 5.96. The molecule has 2 amide bonds. The molecule has 0 aromatic heterocycles. The Morgan fingerprint density at radius 3 is 1.91 bits per heavy atom. The van der Waals surface area contributed by atoms with Crippen LogP contribution in [0.2, 0.25) is 0 Å². The van der Waals surface area contributed by atoms with Crippen molar-refractivity contribution in [3.05, 3.63) is 55.6 Å². The van der Waals surface area contributed by atoms with Crippen molar-refractivity contribution in [3.63, 3.8) is 0 Å². The summed E-state index contributed by atoms with van der Waals surface area (Å²) >= 11 is 0. The Kier molecular flexibility index (Phi) is 7.84. The molecule has 0 bridgehead atoms.